The number of rotatable bonds is 4. The number of hydrogen-bond donors (Lipinski definition) is 3. The van der Waals surface area contributed by atoms with Crippen molar-refractivity contribution < 1.29 is 9.90 Å². The van der Waals surface area contributed by atoms with Crippen molar-refractivity contribution in [3.8, 4) is 0 Å². The van der Waals surface area contributed by atoms with E-state index in [1.165, 1.54) is 19.3 Å². The van der Waals surface area contributed by atoms with Crippen LogP contribution in [-0.2, 0) is 4.79 Å². The van der Waals surface area contributed by atoms with Gasteiger partial charge in [-0.05, 0) is 51.5 Å². The second-order valence-corrected chi connectivity index (χ2v) is 5.77. The van der Waals surface area contributed by atoms with Crippen LogP contribution >= 0.6 is 0 Å². The zero-order valence-corrected chi connectivity index (χ0v) is 11.2. The largest absolute Gasteiger partial charge is 0.393 e. The van der Waals surface area contributed by atoms with Crippen LogP contribution in [-0.4, -0.2) is 35.7 Å². The number of nitrogens with one attached hydrogen (secondary N) is 2. The maximum absolute atomic E-state index is 11.8. The molecular weight excluding hydrogens is 228 g/mol. The van der Waals surface area contributed by atoms with E-state index in [1.54, 1.807) is 0 Å². The number of piperidine rings is 1. The van der Waals surface area contributed by atoms with Gasteiger partial charge in [-0.25, -0.2) is 0 Å². The van der Waals surface area contributed by atoms with Gasteiger partial charge in [-0.2, -0.15) is 0 Å². The van der Waals surface area contributed by atoms with Gasteiger partial charge in [0.15, 0.2) is 0 Å². The summed E-state index contributed by atoms with van der Waals surface area (Å²) in [4.78, 5) is 11.8. The molecule has 1 saturated carbocycles. The molecule has 0 aromatic carbocycles. The van der Waals surface area contributed by atoms with Crippen molar-refractivity contribution in [1.29, 1.82) is 0 Å². The average molecular weight is 254 g/mol. The molecule has 1 aliphatic heterocycles. The molecule has 1 saturated heterocycles. The lowest BCUT2D eigenvalue weighted by molar-refractivity contribution is -0.122. The molecule has 1 amide bonds. The first-order valence-corrected chi connectivity index (χ1v) is 7.45. The van der Waals surface area contributed by atoms with Gasteiger partial charge in [-0.3, -0.25) is 4.79 Å². The van der Waals surface area contributed by atoms with E-state index in [-0.39, 0.29) is 18.1 Å². The Hall–Kier alpha value is -0.610. The van der Waals surface area contributed by atoms with Crippen LogP contribution < -0.4 is 10.6 Å². The minimum Gasteiger partial charge on any atom is -0.393 e. The Balaban J connectivity index is 1.62. The van der Waals surface area contributed by atoms with Gasteiger partial charge in [0, 0.05) is 18.5 Å². The molecule has 2 fully saturated rings. The first-order valence-electron chi connectivity index (χ1n) is 7.45. The summed E-state index contributed by atoms with van der Waals surface area (Å²) in [5.74, 6) is 0.154. The first-order chi connectivity index (χ1) is 8.74. The lowest BCUT2D eigenvalue weighted by Crippen LogP contribution is -2.41. The summed E-state index contributed by atoms with van der Waals surface area (Å²) < 4.78 is 0. The highest BCUT2D eigenvalue weighted by molar-refractivity contribution is 5.76. The van der Waals surface area contributed by atoms with E-state index in [0.29, 0.717) is 12.5 Å². The number of amides is 1. The Labute approximate surface area is 110 Å². The number of carbonyl (C=O) groups is 1. The third-order valence-corrected chi connectivity index (χ3v) is 4.14. The van der Waals surface area contributed by atoms with Crippen LogP contribution in [0.3, 0.4) is 0 Å². The third-order valence-electron chi connectivity index (χ3n) is 4.14. The first kappa shape index (κ1) is 13.8. The fourth-order valence-electron chi connectivity index (χ4n) is 3.07. The van der Waals surface area contributed by atoms with Crippen molar-refractivity contribution >= 4 is 5.91 Å². The quantitative estimate of drug-likeness (QED) is 0.709. The predicted octanol–water partition coefficient (Wildman–Crippen LogP) is 1.33. The Kier molecular flexibility index (Phi) is 5.45. The van der Waals surface area contributed by atoms with Gasteiger partial charge < -0.3 is 15.7 Å². The van der Waals surface area contributed by atoms with Crippen LogP contribution in [0.25, 0.3) is 0 Å². The molecule has 0 aromatic heterocycles. The lowest BCUT2D eigenvalue weighted by Gasteiger charge is -2.27. The zero-order valence-electron chi connectivity index (χ0n) is 11.2. The van der Waals surface area contributed by atoms with Crippen molar-refractivity contribution in [3.63, 3.8) is 0 Å². The van der Waals surface area contributed by atoms with Crippen molar-refractivity contribution in [2.24, 2.45) is 0 Å². The Bertz CT molecular complexity index is 265. The molecule has 2 rings (SSSR count). The average Bonchev–Trinajstić information content (AvgIpc) is 2.38. The highest BCUT2D eigenvalue weighted by Crippen LogP contribution is 2.18. The summed E-state index contributed by atoms with van der Waals surface area (Å²) in [5.41, 5.74) is 0. The molecule has 1 aliphatic carbocycles. The Morgan fingerprint density at radius 3 is 2.83 bits per heavy atom. The molecule has 2 aliphatic rings. The van der Waals surface area contributed by atoms with E-state index in [1.807, 2.05) is 0 Å². The summed E-state index contributed by atoms with van der Waals surface area (Å²) in [7, 11) is 0. The van der Waals surface area contributed by atoms with Crippen LogP contribution in [0.15, 0.2) is 0 Å². The molecule has 3 N–H and O–H groups in total. The number of aliphatic hydroxyl groups is 1. The summed E-state index contributed by atoms with van der Waals surface area (Å²) >= 11 is 0. The smallest absolute Gasteiger partial charge is 0.220 e. The third kappa shape index (κ3) is 4.58. The molecule has 18 heavy (non-hydrogen) atoms. The van der Waals surface area contributed by atoms with E-state index in [4.69, 9.17) is 0 Å². The lowest BCUT2D eigenvalue weighted by atomic mass is 9.93. The summed E-state index contributed by atoms with van der Waals surface area (Å²) in [6.45, 7) is 1.10. The van der Waals surface area contributed by atoms with Gasteiger partial charge in [0.25, 0.3) is 0 Å². The number of hydrogen-bond acceptors (Lipinski definition) is 3. The minimum absolute atomic E-state index is 0.154. The van der Waals surface area contributed by atoms with Crippen LogP contribution in [0.1, 0.15) is 57.8 Å². The molecule has 3 unspecified atom stereocenters. The van der Waals surface area contributed by atoms with Gasteiger partial charge in [-0.1, -0.05) is 6.42 Å². The summed E-state index contributed by atoms with van der Waals surface area (Å²) in [5, 5.41) is 16.1. The molecule has 0 aromatic rings. The van der Waals surface area contributed by atoms with Crippen molar-refractivity contribution in [2.75, 3.05) is 6.54 Å². The summed E-state index contributed by atoms with van der Waals surface area (Å²) in [6.07, 6.45) is 8.76. The van der Waals surface area contributed by atoms with Crippen LogP contribution in [0.2, 0.25) is 0 Å². The highest BCUT2D eigenvalue weighted by atomic mass is 16.3. The van der Waals surface area contributed by atoms with E-state index >= 15 is 0 Å². The second-order valence-electron chi connectivity index (χ2n) is 5.77. The van der Waals surface area contributed by atoms with E-state index in [2.05, 4.69) is 10.6 Å². The molecule has 4 nitrogen and oxygen atoms in total. The number of aliphatic hydroxyl groups excluding tert-OH is 1. The number of carbonyl (C=O) groups excluding carboxylic acids is 1. The van der Waals surface area contributed by atoms with Gasteiger partial charge in [0.2, 0.25) is 5.91 Å². The monoisotopic (exact) mass is 254 g/mol. The zero-order chi connectivity index (χ0) is 12.8. The van der Waals surface area contributed by atoms with E-state index < -0.39 is 0 Å². The molecule has 4 heteroatoms. The van der Waals surface area contributed by atoms with Gasteiger partial charge in [-0.15, -0.1) is 0 Å². The molecule has 1 heterocycles. The van der Waals surface area contributed by atoms with Crippen LogP contribution in [0, 0.1) is 0 Å². The normalized spacial score (nSPS) is 33.1. The minimum atomic E-state index is -0.218. The summed E-state index contributed by atoms with van der Waals surface area (Å²) in [6, 6.07) is 0.724. The van der Waals surface area contributed by atoms with E-state index in [0.717, 1.165) is 38.6 Å². The highest BCUT2D eigenvalue weighted by Gasteiger charge is 2.22. The molecule has 0 radical (unpaired) electrons. The second kappa shape index (κ2) is 7.10. The Morgan fingerprint density at radius 2 is 2.11 bits per heavy atom. The van der Waals surface area contributed by atoms with Crippen molar-refractivity contribution in [1.82, 2.24) is 10.6 Å². The molecule has 0 bridgehead atoms. The van der Waals surface area contributed by atoms with Gasteiger partial charge >= 0.3 is 0 Å². The van der Waals surface area contributed by atoms with Crippen molar-refractivity contribution in [3.05, 3.63) is 0 Å². The van der Waals surface area contributed by atoms with Crippen molar-refractivity contribution in [2.45, 2.75) is 76.0 Å². The Morgan fingerprint density at radius 1 is 1.22 bits per heavy atom. The van der Waals surface area contributed by atoms with E-state index in [9.17, 15) is 9.90 Å². The molecule has 0 spiro atoms. The standard InChI is InChI=1S/C14H26N2O2/c17-13-6-3-5-12(10-13)16-14(18)8-7-11-4-1-2-9-15-11/h11-13,15,17H,1-10H2,(H,16,18). The predicted molar refractivity (Wildman–Crippen MR) is 71.3 cm³/mol. The van der Waals surface area contributed by atoms with Gasteiger partial charge in [0.1, 0.15) is 0 Å². The fraction of sp³-hybridized carbons (Fsp3) is 0.929. The maximum atomic E-state index is 11.8. The maximum Gasteiger partial charge on any atom is 0.220 e. The van der Waals surface area contributed by atoms with Crippen LogP contribution in [0.5, 0.6) is 0 Å². The molecule has 104 valence electrons. The van der Waals surface area contributed by atoms with Gasteiger partial charge in [0.05, 0.1) is 6.10 Å². The molecule has 3 atom stereocenters. The fourth-order valence-corrected chi connectivity index (χ4v) is 3.07. The van der Waals surface area contributed by atoms with Crippen LogP contribution in [0.4, 0.5) is 0 Å². The molecular formula is C14H26N2O2. The SMILES string of the molecule is O=C(CCC1CCCCN1)NC1CCCC(O)C1. The topological polar surface area (TPSA) is 61.4 Å².